The van der Waals surface area contributed by atoms with Crippen LogP contribution in [0.5, 0.6) is 0 Å². The van der Waals surface area contributed by atoms with E-state index >= 15 is 0 Å². The Kier molecular flexibility index (Phi) is 2.46. The van der Waals surface area contributed by atoms with E-state index in [9.17, 15) is 4.79 Å². The van der Waals surface area contributed by atoms with Crippen LogP contribution in [0.15, 0.2) is 0 Å². The number of carboxylic acid groups (broad SMARTS) is 1. The van der Waals surface area contributed by atoms with Gasteiger partial charge >= 0.3 is 5.97 Å². The van der Waals surface area contributed by atoms with E-state index in [1.807, 2.05) is 0 Å². The molecule has 0 saturated carbocycles. The van der Waals surface area contributed by atoms with Crippen molar-refractivity contribution >= 4 is 5.97 Å². The number of carboxylic acids is 1. The van der Waals surface area contributed by atoms with E-state index < -0.39 is 11.8 Å². The number of hydrogen-bond acceptors (Lipinski definition) is 3. The maximum atomic E-state index is 10.2. The lowest BCUT2D eigenvalue weighted by Crippen LogP contribution is -2.26. The monoisotopic (exact) mass is 165 g/mol. The van der Waals surface area contributed by atoms with Crippen LogP contribution in [0.1, 0.15) is 19.8 Å². The van der Waals surface area contributed by atoms with E-state index in [1.54, 1.807) is 6.92 Å². The van der Waals surface area contributed by atoms with Crippen molar-refractivity contribution in [1.82, 2.24) is 0 Å². The highest BCUT2D eigenvalue weighted by Crippen LogP contribution is 2.23. The molecule has 0 bridgehead atoms. The summed E-state index contributed by atoms with van der Waals surface area (Å²) in [6.45, 7) is 2.90. The van der Waals surface area contributed by atoms with Crippen molar-refractivity contribution in [3.8, 4) is 0 Å². The van der Waals surface area contributed by atoms with Gasteiger partial charge in [-0.25, -0.2) is 0 Å². The quantitative estimate of drug-likeness (QED) is 0.622. The summed E-state index contributed by atoms with van der Waals surface area (Å²) < 4.78 is 10.4. The molecule has 1 heterocycles. The summed E-state index contributed by atoms with van der Waals surface area (Å²) >= 11 is 0. The second-order valence-corrected chi connectivity index (χ2v) is 2.72. The van der Waals surface area contributed by atoms with Crippen molar-refractivity contribution < 1.29 is 19.4 Å². The fourth-order valence-corrected chi connectivity index (χ4v) is 1.04. The summed E-state index contributed by atoms with van der Waals surface area (Å²) in [6.07, 6.45) is 0.513. The molecule has 4 heteroatoms. The third-order valence-electron chi connectivity index (χ3n) is 1.69. The van der Waals surface area contributed by atoms with E-state index in [1.165, 1.54) is 0 Å². The SMILES string of the molecule is [13CH3][13C]1([13CH2][13CH2][13C](=O)O)OCCO1. The first-order valence-corrected chi connectivity index (χ1v) is 3.62. The van der Waals surface area contributed by atoms with Crippen molar-refractivity contribution in [3.63, 3.8) is 0 Å². The second-order valence-electron chi connectivity index (χ2n) is 2.72. The third kappa shape index (κ3) is 2.48. The lowest BCUT2D eigenvalue weighted by atomic mass is 10.8. The Morgan fingerprint density at radius 3 is 2.55 bits per heavy atom. The highest BCUT2D eigenvalue weighted by Gasteiger charge is 2.30. The number of rotatable bonds is 3. The number of ether oxygens (including phenoxy) is 2. The van der Waals surface area contributed by atoms with Crippen LogP contribution in [-0.2, 0) is 14.3 Å². The highest BCUT2D eigenvalue weighted by molar-refractivity contribution is 5.66. The Balaban J connectivity index is 2.28. The molecule has 0 spiro atoms. The molecule has 0 aromatic carbocycles. The van der Waals surface area contributed by atoms with E-state index in [2.05, 4.69) is 0 Å². The standard InChI is InChI=1S/C7H12O4/c1-7(3-2-6(8)9)10-4-5-11-7/h2-5H2,1H3,(H,8,9)/i1+1,2+1,3+1,6+1,7+1. The Bertz CT molecular complexity index is 149. The van der Waals surface area contributed by atoms with Crippen LogP contribution in [0.3, 0.4) is 0 Å². The van der Waals surface area contributed by atoms with Gasteiger partial charge in [0.05, 0.1) is 19.6 Å². The van der Waals surface area contributed by atoms with Crippen LogP contribution in [0.2, 0.25) is 0 Å². The number of aliphatic carboxylic acids is 1. The molecule has 0 unspecified atom stereocenters. The Morgan fingerprint density at radius 1 is 1.55 bits per heavy atom. The lowest BCUT2D eigenvalue weighted by Gasteiger charge is -2.20. The summed E-state index contributed by atoms with van der Waals surface area (Å²) in [5.74, 6) is -1.47. The zero-order valence-corrected chi connectivity index (χ0v) is 6.50. The molecule has 64 valence electrons. The molecular weight excluding hydrogens is 153 g/mol. The van der Waals surface area contributed by atoms with Crippen LogP contribution in [0.4, 0.5) is 0 Å². The molecule has 1 aliphatic rings. The van der Waals surface area contributed by atoms with Crippen LogP contribution in [-0.4, -0.2) is 30.1 Å². The zero-order chi connectivity index (χ0) is 8.32. The predicted octanol–water partition coefficient (Wildman–Crippen LogP) is 0.614. The van der Waals surface area contributed by atoms with E-state index in [0.29, 0.717) is 19.6 Å². The fourth-order valence-electron chi connectivity index (χ4n) is 1.04. The third-order valence-corrected chi connectivity index (χ3v) is 1.69. The average Bonchev–Trinajstić information content (AvgIpc) is 2.33. The fraction of sp³-hybridized carbons (Fsp3) is 0.857. The minimum absolute atomic E-state index is 0.0938. The smallest absolute Gasteiger partial charge is 0.303 e. The molecule has 0 aliphatic carbocycles. The highest BCUT2D eigenvalue weighted by atomic mass is 16.9. The van der Waals surface area contributed by atoms with Crippen LogP contribution in [0, 0.1) is 0 Å². The van der Waals surface area contributed by atoms with Gasteiger partial charge in [-0.3, -0.25) is 4.79 Å². The number of hydrogen-bond donors (Lipinski definition) is 1. The molecule has 0 aromatic heterocycles. The minimum Gasteiger partial charge on any atom is -0.481 e. The summed E-state index contributed by atoms with van der Waals surface area (Å²) in [5.41, 5.74) is 0. The van der Waals surface area contributed by atoms with Gasteiger partial charge in [0, 0.05) is 6.42 Å². The van der Waals surface area contributed by atoms with Crippen molar-refractivity contribution in [2.45, 2.75) is 25.6 Å². The van der Waals surface area contributed by atoms with Crippen molar-refractivity contribution in [2.24, 2.45) is 0 Å². The topological polar surface area (TPSA) is 55.8 Å². The van der Waals surface area contributed by atoms with Gasteiger partial charge in [0.1, 0.15) is 0 Å². The Labute approximate surface area is 65.1 Å². The average molecular weight is 165 g/mol. The van der Waals surface area contributed by atoms with Crippen LogP contribution in [0.25, 0.3) is 0 Å². The Hall–Kier alpha value is -0.610. The van der Waals surface area contributed by atoms with Gasteiger partial charge in [-0.05, 0) is 6.92 Å². The Morgan fingerprint density at radius 2 is 2.09 bits per heavy atom. The molecule has 4 nitrogen and oxygen atoms in total. The van der Waals surface area contributed by atoms with Gasteiger partial charge < -0.3 is 14.6 Å². The van der Waals surface area contributed by atoms with Gasteiger partial charge in [-0.15, -0.1) is 0 Å². The van der Waals surface area contributed by atoms with Crippen molar-refractivity contribution in [3.05, 3.63) is 0 Å². The molecular formula is C7H12O4. The summed E-state index contributed by atoms with van der Waals surface area (Å²) in [7, 11) is 0. The molecule has 0 atom stereocenters. The zero-order valence-electron chi connectivity index (χ0n) is 6.50. The normalized spacial score (nSPS) is 21.9. The first kappa shape index (κ1) is 8.49. The maximum absolute atomic E-state index is 10.2. The van der Waals surface area contributed by atoms with Crippen LogP contribution < -0.4 is 0 Å². The first-order chi connectivity index (χ1) is 5.12. The maximum Gasteiger partial charge on any atom is 0.303 e. The molecule has 0 amide bonds. The molecule has 11 heavy (non-hydrogen) atoms. The molecule has 0 aromatic rings. The van der Waals surface area contributed by atoms with Gasteiger partial charge in [0.25, 0.3) is 0 Å². The summed E-state index contributed by atoms with van der Waals surface area (Å²) in [6, 6.07) is 0. The van der Waals surface area contributed by atoms with Gasteiger partial charge in [-0.1, -0.05) is 0 Å². The summed E-state index contributed by atoms with van der Waals surface area (Å²) in [5, 5.41) is 8.38. The van der Waals surface area contributed by atoms with Gasteiger partial charge in [-0.2, -0.15) is 0 Å². The van der Waals surface area contributed by atoms with E-state index in [4.69, 9.17) is 14.6 Å². The second kappa shape index (κ2) is 3.19. The molecule has 1 saturated heterocycles. The minimum atomic E-state index is -0.815. The largest absolute Gasteiger partial charge is 0.481 e. The molecule has 1 N–H and O–H groups in total. The van der Waals surface area contributed by atoms with E-state index in [-0.39, 0.29) is 6.42 Å². The van der Waals surface area contributed by atoms with Gasteiger partial charge in [0.15, 0.2) is 5.79 Å². The molecule has 1 fully saturated rings. The van der Waals surface area contributed by atoms with Crippen molar-refractivity contribution in [2.75, 3.05) is 13.2 Å². The van der Waals surface area contributed by atoms with Crippen molar-refractivity contribution in [1.29, 1.82) is 0 Å². The van der Waals surface area contributed by atoms with Crippen LogP contribution >= 0.6 is 0 Å². The molecule has 1 aliphatic heterocycles. The molecule has 1 rings (SSSR count). The predicted molar refractivity (Wildman–Crippen MR) is 37.2 cm³/mol. The molecule has 0 radical (unpaired) electrons. The number of carbonyl (C=O) groups is 1. The van der Waals surface area contributed by atoms with E-state index in [0.717, 1.165) is 0 Å². The first-order valence-electron chi connectivity index (χ1n) is 3.62. The lowest BCUT2D eigenvalue weighted by molar-refractivity contribution is -0.158. The summed E-state index contributed by atoms with van der Waals surface area (Å²) in [4.78, 5) is 10.2. The van der Waals surface area contributed by atoms with Gasteiger partial charge in [0.2, 0.25) is 0 Å².